The van der Waals surface area contributed by atoms with E-state index in [0.29, 0.717) is 6.54 Å². The molecule has 1 aliphatic rings. The second-order valence-corrected chi connectivity index (χ2v) is 4.07. The van der Waals surface area contributed by atoms with Gasteiger partial charge in [-0.2, -0.15) is 4.98 Å². The Kier molecular flexibility index (Phi) is 3.88. The van der Waals surface area contributed by atoms with Gasteiger partial charge in [-0.1, -0.05) is 0 Å². The van der Waals surface area contributed by atoms with E-state index in [0.717, 1.165) is 32.1 Å². The average molecular weight is 253 g/mol. The maximum atomic E-state index is 10.8. The molecule has 0 radical (unpaired) electrons. The van der Waals surface area contributed by atoms with Gasteiger partial charge in [-0.05, 0) is 19.3 Å². The molecule has 98 valence electrons. The second kappa shape index (κ2) is 5.58. The predicted octanol–water partition coefficient (Wildman–Crippen LogP) is 0.948. The summed E-state index contributed by atoms with van der Waals surface area (Å²) in [5, 5.41) is 13.7. The molecule has 1 fully saturated rings. The van der Waals surface area contributed by atoms with E-state index >= 15 is 0 Å². The molecule has 0 saturated carbocycles. The van der Waals surface area contributed by atoms with E-state index in [1.54, 1.807) is 0 Å². The molecule has 0 amide bonds. The smallest absolute Gasteiger partial charge is 0.329 e. The minimum atomic E-state index is -0.534. The van der Waals surface area contributed by atoms with Crippen LogP contribution in [0.5, 0.6) is 0 Å². The van der Waals surface area contributed by atoms with Gasteiger partial charge in [0.1, 0.15) is 6.20 Å². The fourth-order valence-electron chi connectivity index (χ4n) is 1.88. The zero-order chi connectivity index (χ0) is 13.0. The Morgan fingerprint density at radius 3 is 3.17 bits per heavy atom. The van der Waals surface area contributed by atoms with Crippen LogP contribution >= 0.6 is 0 Å². The molecule has 1 aromatic rings. The highest BCUT2D eigenvalue weighted by atomic mass is 16.6. The third-order valence-electron chi connectivity index (χ3n) is 2.77. The zero-order valence-corrected chi connectivity index (χ0v) is 9.83. The number of hydrogen-bond acceptors (Lipinski definition) is 7. The van der Waals surface area contributed by atoms with Crippen LogP contribution in [-0.2, 0) is 4.74 Å². The fourth-order valence-corrected chi connectivity index (χ4v) is 1.88. The highest BCUT2D eigenvalue weighted by Crippen LogP contribution is 2.21. The number of nitrogens with zero attached hydrogens (tertiary/aromatic N) is 3. The van der Waals surface area contributed by atoms with Gasteiger partial charge in [-0.25, -0.2) is 4.98 Å². The van der Waals surface area contributed by atoms with Gasteiger partial charge in [-0.15, -0.1) is 0 Å². The molecular formula is C10H15N5O3. The third-order valence-corrected chi connectivity index (χ3v) is 2.77. The number of rotatable bonds is 5. The lowest BCUT2D eigenvalue weighted by Gasteiger charge is -2.10. The van der Waals surface area contributed by atoms with Crippen molar-refractivity contribution in [3.63, 3.8) is 0 Å². The fraction of sp³-hybridized carbons (Fsp3) is 0.600. The summed E-state index contributed by atoms with van der Waals surface area (Å²) in [5.74, 6) is 0.172. The molecule has 1 aromatic heterocycles. The molecule has 1 unspecified atom stereocenters. The number of nitrogen functional groups attached to an aromatic ring is 1. The minimum absolute atomic E-state index is 0.0141. The monoisotopic (exact) mass is 253 g/mol. The normalized spacial score (nSPS) is 18.8. The summed E-state index contributed by atoms with van der Waals surface area (Å²) in [5.41, 5.74) is 5.24. The van der Waals surface area contributed by atoms with Crippen molar-refractivity contribution >= 4 is 17.5 Å². The number of nitro groups is 1. The van der Waals surface area contributed by atoms with Gasteiger partial charge in [0.2, 0.25) is 11.8 Å². The third kappa shape index (κ3) is 3.04. The molecule has 3 N–H and O–H groups in total. The molecule has 1 saturated heterocycles. The van der Waals surface area contributed by atoms with Crippen LogP contribution in [0.3, 0.4) is 0 Å². The van der Waals surface area contributed by atoms with E-state index in [1.807, 2.05) is 0 Å². The Morgan fingerprint density at radius 1 is 1.67 bits per heavy atom. The molecule has 8 nitrogen and oxygen atoms in total. The lowest BCUT2D eigenvalue weighted by Crippen LogP contribution is -2.14. The van der Waals surface area contributed by atoms with Gasteiger partial charge >= 0.3 is 5.69 Å². The standard InChI is InChI=1S/C10H15N5O3/c11-10-13-6-8(15(16)17)9(14-10)12-4-3-7-2-1-5-18-7/h6-7H,1-5H2,(H3,11,12,13,14). The van der Waals surface area contributed by atoms with Crippen molar-refractivity contribution in [2.24, 2.45) is 0 Å². The number of ether oxygens (including phenoxy) is 1. The van der Waals surface area contributed by atoms with Crippen molar-refractivity contribution in [2.45, 2.75) is 25.4 Å². The molecule has 1 aliphatic heterocycles. The molecule has 0 bridgehead atoms. The SMILES string of the molecule is Nc1ncc([N+](=O)[O-])c(NCCC2CCCO2)n1. The first kappa shape index (κ1) is 12.5. The molecular weight excluding hydrogens is 238 g/mol. The number of hydrogen-bond donors (Lipinski definition) is 2. The van der Waals surface area contributed by atoms with E-state index in [4.69, 9.17) is 10.5 Å². The van der Waals surface area contributed by atoms with Gasteiger partial charge in [0.15, 0.2) is 0 Å². The Balaban J connectivity index is 1.94. The highest BCUT2D eigenvalue weighted by molar-refractivity contribution is 5.56. The second-order valence-electron chi connectivity index (χ2n) is 4.07. The molecule has 18 heavy (non-hydrogen) atoms. The first-order valence-electron chi connectivity index (χ1n) is 5.79. The topological polar surface area (TPSA) is 116 Å². The average Bonchev–Trinajstić information content (AvgIpc) is 2.82. The van der Waals surface area contributed by atoms with E-state index in [1.165, 1.54) is 0 Å². The number of nitrogens with one attached hydrogen (secondary N) is 1. The minimum Gasteiger partial charge on any atom is -0.378 e. The predicted molar refractivity (Wildman–Crippen MR) is 65.2 cm³/mol. The van der Waals surface area contributed by atoms with E-state index in [2.05, 4.69) is 15.3 Å². The van der Waals surface area contributed by atoms with Crippen LogP contribution in [0.15, 0.2) is 6.20 Å². The van der Waals surface area contributed by atoms with E-state index in [-0.39, 0.29) is 23.6 Å². The number of anilines is 2. The Morgan fingerprint density at radius 2 is 2.50 bits per heavy atom. The maximum absolute atomic E-state index is 10.8. The lowest BCUT2D eigenvalue weighted by molar-refractivity contribution is -0.384. The molecule has 1 atom stereocenters. The zero-order valence-electron chi connectivity index (χ0n) is 9.83. The van der Waals surface area contributed by atoms with Gasteiger partial charge in [0, 0.05) is 13.2 Å². The van der Waals surface area contributed by atoms with Gasteiger partial charge in [0.25, 0.3) is 0 Å². The summed E-state index contributed by atoms with van der Waals surface area (Å²) in [4.78, 5) is 17.7. The van der Waals surface area contributed by atoms with E-state index in [9.17, 15) is 10.1 Å². The molecule has 0 aliphatic carbocycles. The van der Waals surface area contributed by atoms with Crippen LogP contribution in [0.4, 0.5) is 17.5 Å². The first-order chi connectivity index (χ1) is 8.66. The summed E-state index contributed by atoms with van der Waals surface area (Å²) in [6.45, 7) is 1.35. The highest BCUT2D eigenvalue weighted by Gasteiger charge is 2.18. The van der Waals surface area contributed by atoms with Crippen LogP contribution in [0.1, 0.15) is 19.3 Å². The summed E-state index contributed by atoms with van der Waals surface area (Å²) >= 11 is 0. The van der Waals surface area contributed by atoms with E-state index < -0.39 is 4.92 Å². The largest absolute Gasteiger partial charge is 0.378 e. The van der Waals surface area contributed by atoms with Gasteiger partial charge in [-0.3, -0.25) is 10.1 Å². The van der Waals surface area contributed by atoms with Gasteiger partial charge < -0.3 is 15.8 Å². The Labute approximate surface area is 104 Å². The van der Waals surface area contributed by atoms with Crippen molar-refractivity contribution in [3.05, 3.63) is 16.3 Å². The summed E-state index contributed by atoms with van der Waals surface area (Å²) in [7, 11) is 0. The summed E-state index contributed by atoms with van der Waals surface area (Å²) < 4.78 is 5.46. The molecule has 0 spiro atoms. The maximum Gasteiger partial charge on any atom is 0.329 e. The van der Waals surface area contributed by atoms with Crippen molar-refractivity contribution in [3.8, 4) is 0 Å². The quantitative estimate of drug-likeness (QED) is 0.592. The number of aromatic nitrogens is 2. The van der Waals surface area contributed by atoms with Crippen LogP contribution in [0.2, 0.25) is 0 Å². The van der Waals surface area contributed by atoms with Crippen molar-refractivity contribution in [1.82, 2.24) is 9.97 Å². The summed E-state index contributed by atoms with van der Waals surface area (Å²) in [6.07, 6.45) is 4.24. The molecule has 2 heterocycles. The molecule has 8 heteroatoms. The van der Waals surface area contributed by atoms with Gasteiger partial charge in [0.05, 0.1) is 11.0 Å². The first-order valence-corrected chi connectivity index (χ1v) is 5.79. The van der Waals surface area contributed by atoms with Crippen molar-refractivity contribution < 1.29 is 9.66 Å². The summed E-state index contributed by atoms with van der Waals surface area (Å²) in [6, 6.07) is 0. The van der Waals surface area contributed by atoms with Crippen LogP contribution < -0.4 is 11.1 Å². The lowest BCUT2D eigenvalue weighted by atomic mass is 10.2. The van der Waals surface area contributed by atoms with Crippen LogP contribution in [-0.4, -0.2) is 34.1 Å². The van der Waals surface area contributed by atoms with Crippen molar-refractivity contribution in [2.75, 3.05) is 24.2 Å². The Hall–Kier alpha value is -1.96. The van der Waals surface area contributed by atoms with Crippen LogP contribution in [0, 0.1) is 10.1 Å². The number of nitrogens with two attached hydrogens (primary N) is 1. The van der Waals surface area contributed by atoms with Crippen molar-refractivity contribution in [1.29, 1.82) is 0 Å². The van der Waals surface area contributed by atoms with Crippen LogP contribution in [0.25, 0.3) is 0 Å². The Bertz CT molecular complexity index is 434. The molecule has 0 aromatic carbocycles. The molecule has 2 rings (SSSR count).